The molecule has 28 heavy (non-hydrogen) atoms. The van der Waals surface area contributed by atoms with E-state index in [1.165, 1.54) is 0 Å². The highest BCUT2D eigenvalue weighted by molar-refractivity contribution is 6.33. The van der Waals surface area contributed by atoms with E-state index in [2.05, 4.69) is 25.8 Å². The van der Waals surface area contributed by atoms with Gasteiger partial charge < -0.3 is 20.9 Å². The van der Waals surface area contributed by atoms with Gasteiger partial charge in [-0.25, -0.2) is 0 Å². The van der Waals surface area contributed by atoms with Crippen LogP contribution in [0.1, 0.15) is 36.5 Å². The van der Waals surface area contributed by atoms with Gasteiger partial charge >= 0.3 is 0 Å². The Bertz CT molecular complexity index is 687. The first kappa shape index (κ1) is 22.0. The maximum atomic E-state index is 12.2. The number of carbonyl (C=O) groups is 2. The minimum absolute atomic E-state index is 0.105. The quantitative estimate of drug-likeness (QED) is 0.366. The Morgan fingerprint density at radius 2 is 1.93 bits per heavy atom. The lowest BCUT2D eigenvalue weighted by molar-refractivity contribution is -0.121. The van der Waals surface area contributed by atoms with E-state index >= 15 is 0 Å². The summed E-state index contributed by atoms with van der Waals surface area (Å²) in [7, 11) is 1.68. The monoisotopic (exact) mass is 407 g/mol. The second-order valence-corrected chi connectivity index (χ2v) is 7.19. The van der Waals surface area contributed by atoms with Crippen molar-refractivity contribution in [2.45, 2.75) is 26.2 Å². The van der Waals surface area contributed by atoms with Gasteiger partial charge in [0.25, 0.3) is 5.91 Å². The molecular weight excluding hydrogens is 378 g/mol. The lowest BCUT2D eigenvalue weighted by atomic mass is 9.93. The summed E-state index contributed by atoms with van der Waals surface area (Å²) < 4.78 is 0. The Kier molecular flexibility index (Phi) is 9.07. The highest BCUT2D eigenvalue weighted by Crippen LogP contribution is 2.20. The zero-order chi connectivity index (χ0) is 20.4. The average Bonchev–Trinajstić information content (AvgIpc) is 2.71. The molecule has 0 unspecified atom stereocenters. The molecule has 0 aliphatic carbocycles. The molecule has 3 N–H and O–H groups in total. The number of guanidine groups is 1. The van der Waals surface area contributed by atoms with E-state index in [0.717, 1.165) is 38.4 Å². The summed E-state index contributed by atoms with van der Waals surface area (Å²) in [6.45, 7) is 5.48. The molecule has 1 heterocycles. The van der Waals surface area contributed by atoms with E-state index in [1.54, 1.807) is 31.3 Å². The van der Waals surface area contributed by atoms with Crippen molar-refractivity contribution in [3.63, 3.8) is 0 Å². The van der Waals surface area contributed by atoms with Gasteiger partial charge in [-0.1, -0.05) is 23.7 Å². The van der Waals surface area contributed by atoms with Crippen molar-refractivity contribution in [1.29, 1.82) is 0 Å². The molecule has 1 saturated heterocycles. The zero-order valence-electron chi connectivity index (χ0n) is 16.6. The summed E-state index contributed by atoms with van der Waals surface area (Å²) in [6, 6.07) is 6.99. The van der Waals surface area contributed by atoms with Crippen LogP contribution in [0.3, 0.4) is 0 Å². The van der Waals surface area contributed by atoms with Crippen molar-refractivity contribution in [3.8, 4) is 0 Å². The third-order valence-electron chi connectivity index (χ3n) is 4.78. The van der Waals surface area contributed by atoms with Crippen molar-refractivity contribution in [3.05, 3.63) is 34.9 Å². The summed E-state index contributed by atoms with van der Waals surface area (Å²) in [5, 5.41) is 9.30. The van der Waals surface area contributed by atoms with Crippen LogP contribution in [-0.2, 0) is 4.79 Å². The van der Waals surface area contributed by atoms with Crippen LogP contribution in [0.4, 0.5) is 0 Å². The lowest BCUT2D eigenvalue weighted by Crippen LogP contribution is -2.46. The number of aliphatic imine (C=N–C) groups is 1. The first-order valence-electron chi connectivity index (χ1n) is 9.81. The Morgan fingerprint density at radius 3 is 2.57 bits per heavy atom. The van der Waals surface area contributed by atoms with Gasteiger partial charge in [0.15, 0.2) is 5.96 Å². The molecule has 0 radical (unpaired) electrons. The van der Waals surface area contributed by atoms with Crippen LogP contribution in [0, 0.1) is 5.92 Å². The molecule has 7 nitrogen and oxygen atoms in total. The molecule has 8 heteroatoms. The fourth-order valence-corrected chi connectivity index (χ4v) is 3.43. The first-order chi connectivity index (χ1) is 13.5. The largest absolute Gasteiger partial charge is 0.359 e. The standard InChI is InChI=1S/C20H30ClN5O2/c1-3-23-20(26-12-8-15(9-13-26)14-18(27)22-2)25-11-10-24-19(28)16-6-4-5-7-17(16)21/h4-7,15H,3,8-14H2,1-2H3,(H,22,27)(H,23,25)(H,24,28). The third-order valence-corrected chi connectivity index (χ3v) is 5.11. The zero-order valence-corrected chi connectivity index (χ0v) is 17.4. The SMILES string of the molecule is CCNC(=NCCNC(=O)c1ccccc1Cl)N1CCC(CC(=O)NC)CC1. The summed E-state index contributed by atoms with van der Waals surface area (Å²) in [5.41, 5.74) is 0.471. The molecule has 1 aliphatic rings. The second-order valence-electron chi connectivity index (χ2n) is 6.78. The van der Waals surface area contributed by atoms with Crippen LogP contribution in [-0.4, -0.2) is 62.4 Å². The molecule has 1 aliphatic heterocycles. The highest BCUT2D eigenvalue weighted by Gasteiger charge is 2.23. The van der Waals surface area contributed by atoms with E-state index in [4.69, 9.17) is 11.6 Å². The summed E-state index contributed by atoms with van der Waals surface area (Å²) >= 11 is 6.05. The van der Waals surface area contributed by atoms with Gasteiger partial charge in [-0.2, -0.15) is 0 Å². The maximum absolute atomic E-state index is 12.2. The summed E-state index contributed by atoms with van der Waals surface area (Å²) in [4.78, 5) is 30.6. The predicted octanol–water partition coefficient (Wildman–Crippen LogP) is 1.88. The molecule has 0 saturated carbocycles. The van der Waals surface area contributed by atoms with Crippen molar-refractivity contribution in [2.75, 3.05) is 39.8 Å². The topological polar surface area (TPSA) is 85.8 Å². The molecule has 0 bridgehead atoms. The number of halogens is 1. The van der Waals surface area contributed by atoms with Crippen molar-refractivity contribution < 1.29 is 9.59 Å². The molecule has 0 atom stereocenters. The molecule has 2 rings (SSSR count). The van der Waals surface area contributed by atoms with Gasteiger partial charge in [0.1, 0.15) is 0 Å². The lowest BCUT2D eigenvalue weighted by Gasteiger charge is -2.34. The van der Waals surface area contributed by atoms with Gasteiger partial charge in [0, 0.05) is 39.6 Å². The fraction of sp³-hybridized carbons (Fsp3) is 0.550. The molecule has 1 aromatic rings. The van der Waals surface area contributed by atoms with Gasteiger partial charge in [0.05, 0.1) is 17.1 Å². The number of hydrogen-bond donors (Lipinski definition) is 3. The number of nitrogens with one attached hydrogen (secondary N) is 3. The molecule has 0 aromatic heterocycles. The Hall–Kier alpha value is -2.28. The average molecular weight is 408 g/mol. The second kappa shape index (κ2) is 11.5. The van der Waals surface area contributed by atoms with Gasteiger partial charge in [-0.3, -0.25) is 14.6 Å². The Morgan fingerprint density at radius 1 is 1.21 bits per heavy atom. The molecule has 1 aromatic carbocycles. The van der Waals surface area contributed by atoms with E-state index in [0.29, 0.717) is 36.0 Å². The molecular formula is C20H30ClN5O2. The van der Waals surface area contributed by atoms with Gasteiger partial charge in [0.2, 0.25) is 5.91 Å². The van der Waals surface area contributed by atoms with Crippen molar-refractivity contribution in [1.82, 2.24) is 20.9 Å². The maximum Gasteiger partial charge on any atom is 0.252 e. The normalized spacial score (nSPS) is 15.2. The van der Waals surface area contributed by atoms with Crippen LogP contribution in [0.2, 0.25) is 5.02 Å². The fourth-order valence-electron chi connectivity index (χ4n) is 3.21. The molecule has 1 fully saturated rings. The van der Waals surface area contributed by atoms with Gasteiger partial charge in [-0.15, -0.1) is 0 Å². The van der Waals surface area contributed by atoms with Crippen molar-refractivity contribution >= 4 is 29.4 Å². The van der Waals surface area contributed by atoms with Crippen LogP contribution in [0.25, 0.3) is 0 Å². The van der Waals surface area contributed by atoms with Gasteiger partial charge in [-0.05, 0) is 37.8 Å². The number of amides is 2. The number of rotatable bonds is 7. The Labute approximate surface area is 171 Å². The van der Waals surface area contributed by atoms with Crippen molar-refractivity contribution in [2.24, 2.45) is 10.9 Å². The summed E-state index contributed by atoms with van der Waals surface area (Å²) in [5.74, 6) is 1.19. The smallest absolute Gasteiger partial charge is 0.252 e. The Balaban J connectivity index is 1.81. The molecule has 0 spiro atoms. The predicted molar refractivity (Wildman–Crippen MR) is 113 cm³/mol. The summed E-state index contributed by atoms with van der Waals surface area (Å²) in [6.07, 6.45) is 2.54. The van der Waals surface area contributed by atoms with E-state index < -0.39 is 0 Å². The number of benzene rings is 1. The number of likely N-dealkylation sites (tertiary alicyclic amines) is 1. The van der Waals surface area contributed by atoms with Crippen LogP contribution < -0.4 is 16.0 Å². The minimum Gasteiger partial charge on any atom is -0.359 e. The van der Waals surface area contributed by atoms with E-state index in [-0.39, 0.29) is 11.8 Å². The number of piperidine rings is 1. The molecule has 154 valence electrons. The van der Waals surface area contributed by atoms with Crippen LogP contribution in [0.5, 0.6) is 0 Å². The minimum atomic E-state index is -0.194. The number of nitrogens with zero attached hydrogens (tertiary/aromatic N) is 2. The molecule has 2 amide bonds. The third kappa shape index (κ3) is 6.71. The van der Waals surface area contributed by atoms with E-state index in [9.17, 15) is 9.59 Å². The first-order valence-corrected chi connectivity index (χ1v) is 10.2. The highest BCUT2D eigenvalue weighted by atomic mass is 35.5. The van der Waals surface area contributed by atoms with E-state index in [1.807, 2.05) is 6.92 Å². The number of carbonyl (C=O) groups excluding carboxylic acids is 2. The number of hydrogen-bond acceptors (Lipinski definition) is 3. The van der Waals surface area contributed by atoms with Crippen LogP contribution in [0.15, 0.2) is 29.3 Å². The van der Waals surface area contributed by atoms with Crippen LogP contribution >= 0.6 is 11.6 Å².